The van der Waals surface area contributed by atoms with Crippen molar-refractivity contribution in [2.24, 2.45) is 0 Å². The van der Waals surface area contributed by atoms with Crippen molar-refractivity contribution in [2.45, 2.75) is 58.7 Å². The number of imidazole rings is 1. The Bertz CT molecular complexity index is 868. The molecular formula is C21H30N4O3. The summed E-state index contributed by atoms with van der Waals surface area (Å²) in [5.41, 5.74) is 1.45. The molecule has 2 aromatic rings. The predicted molar refractivity (Wildman–Crippen MR) is 108 cm³/mol. The minimum atomic E-state index is -0.587. The molecule has 1 unspecified atom stereocenters. The number of likely N-dealkylation sites (N-methyl/N-ethyl adjacent to an activating group) is 1. The molecule has 2 heterocycles. The molecule has 152 valence electrons. The van der Waals surface area contributed by atoms with Gasteiger partial charge in [0, 0.05) is 20.1 Å². The van der Waals surface area contributed by atoms with E-state index in [9.17, 15) is 9.59 Å². The van der Waals surface area contributed by atoms with Gasteiger partial charge in [-0.25, -0.2) is 9.78 Å². The lowest BCUT2D eigenvalue weighted by atomic mass is 10.2. The van der Waals surface area contributed by atoms with E-state index in [0.717, 1.165) is 36.2 Å². The molecule has 1 aliphatic heterocycles. The summed E-state index contributed by atoms with van der Waals surface area (Å²) in [5, 5.41) is 0. The van der Waals surface area contributed by atoms with Crippen LogP contribution in [0, 0.1) is 0 Å². The third-order valence-electron chi connectivity index (χ3n) is 4.95. The van der Waals surface area contributed by atoms with Gasteiger partial charge in [-0.3, -0.25) is 4.79 Å². The zero-order valence-electron chi connectivity index (χ0n) is 17.4. The molecule has 0 bridgehead atoms. The molecule has 7 heteroatoms. The predicted octanol–water partition coefficient (Wildman–Crippen LogP) is 3.59. The number of amides is 2. The first-order chi connectivity index (χ1) is 13.2. The van der Waals surface area contributed by atoms with E-state index < -0.39 is 11.7 Å². The van der Waals surface area contributed by atoms with Gasteiger partial charge in [0.25, 0.3) is 0 Å². The smallest absolute Gasteiger partial charge is 0.410 e. The Morgan fingerprint density at radius 3 is 2.68 bits per heavy atom. The highest BCUT2D eigenvalue weighted by molar-refractivity contribution is 5.83. The summed E-state index contributed by atoms with van der Waals surface area (Å²) in [6, 6.07) is 7.99. The third kappa shape index (κ3) is 4.13. The maximum absolute atomic E-state index is 13.0. The molecule has 1 atom stereocenters. The first-order valence-corrected chi connectivity index (χ1v) is 9.90. The van der Waals surface area contributed by atoms with Crippen LogP contribution < -0.4 is 0 Å². The van der Waals surface area contributed by atoms with Crippen molar-refractivity contribution in [3.8, 4) is 0 Å². The summed E-state index contributed by atoms with van der Waals surface area (Å²) >= 11 is 0. The Balaban J connectivity index is 1.78. The van der Waals surface area contributed by atoms with Crippen LogP contribution >= 0.6 is 0 Å². The number of hydrogen-bond acceptors (Lipinski definition) is 4. The summed E-state index contributed by atoms with van der Waals surface area (Å²) in [7, 11) is 1.60. The maximum Gasteiger partial charge on any atom is 0.410 e. The second kappa shape index (κ2) is 7.81. The van der Waals surface area contributed by atoms with E-state index in [0.29, 0.717) is 6.54 Å². The monoisotopic (exact) mass is 386 g/mol. The van der Waals surface area contributed by atoms with Crippen LogP contribution in [0.15, 0.2) is 24.3 Å². The molecule has 0 aliphatic carbocycles. The number of benzene rings is 1. The molecule has 0 N–H and O–H groups in total. The van der Waals surface area contributed by atoms with E-state index in [1.54, 1.807) is 7.05 Å². The van der Waals surface area contributed by atoms with Gasteiger partial charge in [-0.2, -0.15) is 0 Å². The Hall–Kier alpha value is -2.57. The van der Waals surface area contributed by atoms with Crippen LogP contribution in [-0.4, -0.2) is 57.1 Å². The van der Waals surface area contributed by atoms with Crippen molar-refractivity contribution >= 4 is 23.0 Å². The SMILES string of the molecule is CCn1c(C2CCCN2C(=O)CN(C)C(=O)OC(C)(C)C)nc2ccccc21. The molecule has 0 spiro atoms. The normalized spacial score (nSPS) is 17.2. The number of aromatic nitrogens is 2. The number of nitrogens with zero attached hydrogens (tertiary/aromatic N) is 4. The average molecular weight is 386 g/mol. The van der Waals surface area contributed by atoms with Crippen LogP contribution in [-0.2, 0) is 16.1 Å². The number of carbonyl (C=O) groups is 2. The molecule has 3 rings (SSSR count). The maximum atomic E-state index is 13.0. The molecule has 1 saturated heterocycles. The highest BCUT2D eigenvalue weighted by atomic mass is 16.6. The Morgan fingerprint density at radius 1 is 1.29 bits per heavy atom. The largest absolute Gasteiger partial charge is 0.444 e. The van der Waals surface area contributed by atoms with E-state index in [1.807, 2.05) is 43.9 Å². The molecular weight excluding hydrogens is 356 g/mol. The second-order valence-corrected chi connectivity index (χ2v) is 8.28. The summed E-state index contributed by atoms with van der Waals surface area (Å²) < 4.78 is 7.53. The van der Waals surface area contributed by atoms with Gasteiger partial charge in [-0.1, -0.05) is 12.1 Å². The van der Waals surface area contributed by atoms with Gasteiger partial charge in [0.15, 0.2) is 0 Å². The number of ether oxygens (including phenoxy) is 1. The van der Waals surface area contributed by atoms with Crippen LogP contribution in [0.1, 0.15) is 52.4 Å². The Morgan fingerprint density at radius 2 is 2.00 bits per heavy atom. The molecule has 1 aromatic heterocycles. The molecule has 1 aromatic carbocycles. The van der Waals surface area contributed by atoms with Crippen LogP contribution in [0.3, 0.4) is 0 Å². The third-order valence-corrected chi connectivity index (χ3v) is 4.95. The van der Waals surface area contributed by atoms with Gasteiger partial charge in [-0.05, 0) is 52.7 Å². The lowest BCUT2D eigenvalue weighted by molar-refractivity contribution is -0.133. The lowest BCUT2D eigenvalue weighted by Gasteiger charge is -2.28. The number of para-hydroxylation sites is 2. The molecule has 0 saturated carbocycles. The van der Waals surface area contributed by atoms with E-state index in [4.69, 9.17) is 9.72 Å². The van der Waals surface area contributed by atoms with Crippen molar-refractivity contribution in [1.29, 1.82) is 0 Å². The summed E-state index contributed by atoms with van der Waals surface area (Å²) in [5.74, 6) is 0.847. The topological polar surface area (TPSA) is 67.7 Å². The van der Waals surface area contributed by atoms with Gasteiger partial charge in [0.05, 0.1) is 17.1 Å². The van der Waals surface area contributed by atoms with Crippen molar-refractivity contribution in [2.75, 3.05) is 20.1 Å². The summed E-state index contributed by atoms with van der Waals surface area (Å²) in [6.45, 7) is 9.00. The number of hydrogen-bond donors (Lipinski definition) is 0. The van der Waals surface area contributed by atoms with Gasteiger partial charge in [0.1, 0.15) is 18.0 Å². The Labute approximate surface area is 166 Å². The first-order valence-electron chi connectivity index (χ1n) is 9.90. The molecule has 1 fully saturated rings. The van der Waals surface area contributed by atoms with Crippen LogP contribution in [0.25, 0.3) is 11.0 Å². The van der Waals surface area contributed by atoms with Crippen molar-refractivity contribution in [3.05, 3.63) is 30.1 Å². The molecule has 2 amide bonds. The fraction of sp³-hybridized carbons (Fsp3) is 0.571. The van der Waals surface area contributed by atoms with E-state index in [-0.39, 0.29) is 18.5 Å². The quantitative estimate of drug-likeness (QED) is 0.805. The minimum absolute atomic E-state index is 0.00222. The van der Waals surface area contributed by atoms with Gasteiger partial charge < -0.3 is 19.1 Å². The standard InChI is InChI=1S/C21H30N4O3/c1-6-24-16-11-8-7-10-15(16)22-19(24)17-12-9-13-25(17)18(26)14-23(5)20(27)28-21(2,3)4/h7-8,10-11,17H,6,9,12-14H2,1-5H3. The highest BCUT2D eigenvalue weighted by Gasteiger charge is 2.34. The van der Waals surface area contributed by atoms with E-state index >= 15 is 0 Å². The molecule has 1 aliphatic rings. The van der Waals surface area contributed by atoms with Crippen molar-refractivity contribution < 1.29 is 14.3 Å². The van der Waals surface area contributed by atoms with Crippen LogP contribution in [0.4, 0.5) is 4.79 Å². The van der Waals surface area contributed by atoms with Crippen LogP contribution in [0.2, 0.25) is 0 Å². The number of likely N-dealkylation sites (tertiary alicyclic amines) is 1. The summed E-state index contributed by atoms with van der Waals surface area (Å²) in [4.78, 5) is 33.2. The number of rotatable bonds is 4. The fourth-order valence-corrected chi connectivity index (χ4v) is 3.71. The number of aryl methyl sites for hydroxylation is 1. The van der Waals surface area contributed by atoms with E-state index in [1.165, 1.54) is 4.90 Å². The van der Waals surface area contributed by atoms with E-state index in [2.05, 4.69) is 17.6 Å². The lowest BCUT2D eigenvalue weighted by Crippen LogP contribution is -2.43. The number of carbonyl (C=O) groups excluding carboxylic acids is 2. The van der Waals surface area contributed by atoms with Gasteiger partial charge in [-0.15, -0.1) is 0 Å². The summed E-state index contributed by atoms with van der Waals surface area (Å²) in [6.07, 6.45) is 1.32. The van der Waals surface area contributed by atoms with Gasteiger partial charge >= 0.3 is 6.09 Å². The molecule has 7 nitrogen and oxygen atoms in total. The average Bonchev–Trinajstić information content (AvgIpc) is 3.24. The highest BCUT2D eigenvalue weighted by Crippen LogP contribution is 2.33. The second-order valence-electron chi connectivity index (χ2n) is 8.28. The zero-order chi connectivity index (χ0) is 20.5. The molecule has 28 heavy (non-hydrogen) atoms. The fourth-order valence-electron chi connectivity index (χ4n) is 3.71. The Kier molecular flexibility index (Phi) is 5.63. The number of fused-ring (bicyclic) bond motifs is 1. The first kappa shape index (κ1) is 20.2. The van der Waals surface area contributed by atoms with Gasteiger partial charge in [0.2, 0.25) is 5.91 Å². The minimum Gasteiger partial charge on any atom is -0.444 e. The molecule has 0 radical (unpaired) electrons. The van der Waals surface area contributed by atoms with Crippen molar-refractivity contribution in [3.63, 3.8) is 0 Å². The van der Waals surface area contributed by atoms with Crippen molar-refractivity contribution in [1.82, 2.24) is 19.4 Å². The van der Waals surface area contributed by atoms with Crippen LogP contribution in [0.5, 0.6) is 0 Å². The zero-order valence-corrected chi connectivity index (χ0v) is 17.4.